The van der Waals surface area contributed by atoms with Gasteiger partial charge in [0, 0.05) is 0 Å². The van der Waals surface area contributed by atoms with Crippen LogP contribution < -0.4 is 9.47 Å². The molecule has 0 aliphatic heterocycles. The van der Waals surface area contributed by atoms with Crippen molar-refractivity contribution in [2.45, 2.75) is 19.3 Å². The minimum atomic E-state index is -0.834. The number of hydrogen-bond acceptors (Lipinski definition) is 3. The summed E-state index contributed by atoms with van der Waals surface area (Å²) in [4.78, 5) is 11.6. The third-order valence-electron chi connectivity index (χ3n) is 3.47. The van der Waals surface area contributed by atoms with E-state index in [1.807, 2.05) is 55.5 Å². The van der Waals surface area contributed by atoms with E-state index in [9.17, 15) is 9.90 Å². The smallest absolute Gasteiger partial charge is 0.311 e. The molecule has 1 atom stereocenters. The number of carboxylic acids is 1. The summed E-state index contributed by atoms with van der Waals surface area (Å²) in [6, 6.07) is 14.8. The third-order valence-corrected chi connectivity index (χ3v) is 3.47. The molecule has 0 aromatic heterocycles. The molecule has 0 saturated carbocycles. The molecule has 0 fully saturated rings. The quantitative estimate of drug-likeness (QED) is 0.850. The lowest BCUT2D eigenvalue weighted by molar-refractivity contribution is -0.138. The van der Waals surface area contributed by atoms with Crippen LogP contribution in [0.25, 0.3) is 0 Å². The van der Waals surface area contributed by atoms with Gasteiger partial charge in [0.1, 0.15) is 0 Å². The lowest BCUT2D eigenvalue weighted by Crippen LogP contribution is -2.14. The fourth-order valence-electron chi connectivity index (χ4n) is 2.38. The summed E-state index contributed by atoms with van der Waals surface area (Å²) in [5.41, 5.74) is 1.69. The van der Waals surface area contributed by atoms with Gasteiger partial charge in [-0.15, -0.1) is 0 Å². The van der Waals surface area contributed by atoms with Crippen LogP contribution in [0.3, 0.4) is 0 Å². The predicted molar refractivity (Wildman–Crippen MR) is 84.7 cm³/mol. The Morgan fingerprint density at radius 1 is 1.14 bits per heavy atom. The van der Waals surface area contributed by atoms with Gasteiger partial charge in [0.25, 0.3) is 0 Å². The van der Waals surface area contributed by atoms with Gasteiger partial charge in [-0.25, -0.2) is 0 Å². The molecule has 0 bridgehead atoms. The van der Waals surface area contributed by atoms with Crippen LogP contribution in [-0.4, -0.2) is 24.8 Å². The van der Waals surface area contributed by atoms with Crippen LogP contribution in [0, 0.1) is 0 Å². The van der Waals surface area contributed by atoms with Gasteiger partial charge < -0.3 is 14.6 Å². The lowest BCUT2D eigenvalue weighted by atomic mass is 9.92. The summed E-state index contributed by atoms with van der Waals surface area (Å²) >= 11 is 0. The molecular weight excluding hydrogens is 280 g/mol. The van der Waals surface area contributed by atoms with E-state index in [1.165, 1.54) is 0 Å². The molecule has 2 rings (SSSR count). The standard InChI is InChI=1S/C18H20O4/c1-3-22-16-10-9-13(12-17(16)21-2)11-15(18(19)20)14-7-5-4-6-8-14/h4-10,12,15H,3,11H2,1-2H3,(H,19,20). The monoisotopic (exact) mass is 300 g/mol. The van der Waals surface area contributed by atoms with Gasteiger partial charge in [0.2, 0.25) is 0 Å². The third kappa shape index (κ3) is 3.79. The van der Waals surface area contributed by atoms with E-state index >= 15 is 0 Å². The lowest BCUT2D eigenvalue weighted by Gasteiger charge is -2.15. The van der Waals surface area contributed by atoms with Crippen molar-refractivity contribution < 1.29 is 19.4 Å². The molecule has 0 amide bonds. The van der Waals surface area contributed by atoms with E-state index in [0.29, 0.717) is 24.5 Å². The van der Waals surface area contributed by atoms with Crippen molar-refractivity contribution >= 4 is 5.97 Å². The predicted octanol–water partition coefficient (Wildman–Crippen LogP) is 3.50. The summed E-state index contributed by atoms with van der Waals surface area (Å²) < 4.78 is 10.8. The summed E-state index contributed by atoms with van der Waals surface area (Å²) in [7, 11) is 1.58. The summed E-state index contributed by atoms with van der Waals surface area (Å²) in [6.45, 7) is 2.46. The van der Waals surface area contributed by atoms with Crippen molar-refractivity contribution in [3.8, 4) is 11.5 Å². The number of carboxylic acid groups (broad SMARTS) is 1. The van der Waals surface area contributed by atoms with Gasteiger partial charge in [0.15, 0.2) is 11.5 Å². The molecule has 0 aliphatic carbocycles. The van der Waals surface area contributed by atoms with Crippen LogP contribution in [0.2, 0.25) is 0 Å². The van der Waals surface area contributed by atoms with Gasteiger partial charge in [-0.3, -0.25) is 4.79 Å². The molecule has 2 aromatic rings. The Balaban J connectivity index is 2.25. The summed E-state index contributed by atoms with van der Waals surface area (Å²) in [5.74, 6) is -0.125. The maximum absolute atomic E-state index is 11.6. The maximum atomic E-state index is 11.6. The molecule has 0 heterocycles. The Labute approximate surface area is 130 Å². The second-order valence-electron chi connectivity index (χ2n) is 4.92. The zero-order valence-electron chi connectivity index (χ0n) is 12.8. The van der Waals surface area contributed by atoms with Crippen LogP contribution in [0.15, 0.2) is 48.5 Å². The summed E-state index contributed by atoms with van der Waals surface area (Å²) in [6.07, 6.45) is 0.405. The Morgan fingerprint density at radius 3 is 2.45 bits per heavy atom. The van der Waals surface area contributed by atoms with Crippen LogP contribution >= 0.6 is 0 Å². The molecule has 0 saturated heterocycles. The van der Waals surface area contributed by atoms with E-state index in [1.54, 1.807) is 7.11 Å². The first-order chi connectivity index (χ1) is 10.7. The maximum Gasteiger partial charge on any atom is 0.311 e. The van der Waals surface area contributed by atoms with E-state index in [4.69, 9.17) is 9.47 Å². The summed E-state index contributed by atoms with van der Waals surface area (Å²) in [5, 5.41) is 9.50. The first-order valence-corrected chi connectivity index (χ1v) is 7.23. The molecule has 1 unspecified atom stereocenters. The van der Waals surface area contributed by atoms with Crippen LogP contribution in [0.4, 0.5) is 0 Å². The molecule has 2 aromatic carbocycles. The number of ether oxygens (including phenoxy) is 2. The Bertz CT molecular complexity index is 622. The number of carbonyl (C=O) groups is 1. The zero-order valence-corrected chi connectivity index (χ0v) is 12.8. The first kappa shape index (κ1) is 15.9. The van der Waals surface area contributed by atoms with E-state index in [0.717, 1.165) is 11.1 Å². The number of hydrogen-bond donors (Lipinski definition) is 1. The van der Waals surface area contributed by atoms with Gasteiger partial charge in [-0.2, -0.15) is 0 Å². The molecule has 116 valence electrons. The average Bonchev–Trinajstić information content (AvgIpc) is 2.54. The van der Waals surface area contributed by atoms with Crippen molar-refractivity contribution in [3.05, 3.63) is 59.7 Å². The SMILES string of the molecule is CCOc1ccc(CC(C(=O)O)c2ccccc2)cc1OC. The fourth-order valence-corrected chi connectivity index (χ4v) is 2.38. The largest absolute Gasteiger partial charge is 0.493 e. The fraction of sp³-hybridized carbons (Fsp3) is 0.278. The van der Waals surface area contributed by atoms with Crippen LogP contribution in [0.5, 0.6) is 11.5 Å². The highest BCUT2D eigenvalue weighted by molar-refractivity contribution is 5.76. The molecule has 4 heteroatoms. The highest BCUT2D eigenvalue weighted by atomic mass is 16.5. The second-order valence-corrected chi connectivity index (χ2v) is 4.92. The van der Waals surface area contributed by atoms with Crippen LogP contribution in [-0.2, 0) is 11.2 Å². The Morgan fingerprint density at radius 2 is 1.86 bits per heavy atom. The van der Waals surface area contributed by atoms with Gasteiger partial charge in [-0.05, 0) is 36.6 Å². The van der Waals surface area contributed by atoms with Crippen molar-refractivity contribution in [1.82, 2.24) is 0 Å². The Kier molecular flexibility index (Phi) is 5.42. The molecular formula is C18H20O4. The normalized spacial score (nSPS) is 11.7. The van der Waals surface area contributed by atoms with E-state index in [2.05, 4.69) is 0 Å². The van der Waals surface area contributed by atoms with Gasteiger partial charge >= 0.3 is 5.97 Å². The van der Waals surface area contributed by atoms with E-state index in [-0.39, 0.29) is 0 Å². The van der Waals surface area contributed by atoms with Gasteiger partial charge in [0.05, 0.1) is 19.6 Å². The van der Waals surface area contributed by atoms with Crippen molar-refractivity contribution in [3.63, 3.8) is 0 Å². The number of aliphatic carboxylic acids is 1. The molecule has 0 aliphatic rings. The number of methoxy groups -OCH3 is 1. The number of rotatable bonds is 7. The average molecular weight is 300 g/mol. The highest BCUT2D eigenvalue weighted by Crippen LogP contribution is 2.30. The molecule has 0 radical (unpaired) electrons. The van der Waals surface area contributed by atoms with Crippen LogP contribution in [0.1, 0.15) is 24.0 Å². The molecule has 0 spiro atoms. The van der Waals surface area contributed by atoms with Gasteiger partial charge in [-0.1, -0.05) is 36.4 Å². The Hall–Kier alpha value is -2.49. The first-order valence-electron chi connectivity index (χ1n) is 7.23. The molecule has 1 N–H and O–H groups in total. The second kappa shape index (κ2) is 7.50. The number of benzene rings is 2. The topological polar surface area (TPSA) is 55.8 Å². The molecule has 4 nitrogen and oxygen atoms in total. The highest BCUT2D eigenvalue weighted by Gasteiger charge is 2.20. The zero-order chi connectivity index (χ0) is 15.9. The molecule has 22 heavy (non-hydrogen) atoms. The minimum absolute atomic E-state index is 0.405. The van der Waals surface area contributed by atoms with Crippen molar-refractivity contribution in [1.29, 1.82) is 0 Å². The minimum Gasteiger partial charge on any atom is -0.493 e. The van der Waals surface area contributed by atoms with Crippen molar-refractivity contribution in [2.24, 2.45) is 0 Å². The van der Waals surface area contributed by atoms with E-state index < -0.39 is 11.9 Å². The van der Waals surface area contributed by atoms with Crippen molar-refractivity contribution in [2.75, 3.05) is 13.7 Å².